The number of amides is 1. The van der Waals surface area contributed by atoms with E-state index in [4.69, 9.17) is 0 Å². The monoisotopic (exact) mass is 340 g/mol. The van der Waals surface area contributed by atoms with Crippen LogP contribution in [0.4, 0.5) is 15.9 Å². The Balaban J connectivity index is 1.51. The van der Waals surface area contributed by atoms with Gasteiger partial charge in [0.15, 0.2) is 11.5 Å². The molecule has 0 bridgehead atoms. The van der Waals surface area contributed by atoms with E-state index in [1.807, 2.05) is 0 Å². The normalized spacial score (nSPS) is 17.6. The lowest BCUT2D eigenvalue weighted by atomic mass is 9.97. The van der Waals surface area contributed by atoms with Crippen molar-refractivity contribution in [1.82, 2.24) is 19.9 Å². The van der Waals surface area contributed by atoms with Gasteiger partial charge in [0.2, 0.25) is 5.91 Å². The van der Waals surface area contributed by atoms with Crippen LogP contribution in [0.3, 0.4) is 0 Å². The molecule has 3 aromatic rings. The van der Waals surface area contributed by atoms with E-state index in [1.54, 1.807) is 18.5 Å². The summed E-state index contributed by atoms with van der Waals surface area (Å²) in [4.78, 5) is 30.3. The lowest BCUT2D eigenvalue weighted by Crippen LogP contribution is -2.41. The number of benzene rings is 1. The Labute approximate surface area is 143 Å². The number of aromatic nitrogens is 4. The molecule has 0 unspecified atom stereocenters. The van der Waals surface area contributed by atoms with Gasteiger partial charge >= 0.3 is 0 Å². The third-order valence-electron chi connectivity index (χ3n) is 4.39. The molecule has 2 N–H and O–H groups in total. The average Bonchev–Trinajstić information content (AvgIpc) is 3.10. The minimum Gasteiger partial charge on any atom is -0.354 e. The predicted molar refractivity (Wildman–Crippen MR) is 91.7 cm³/mol. The summed E-state index contributed by atoms with van der Waals surface area (Å²) in [5.41, 5.74) is 1.85. The van der Waals surface area contributed by atoms with Crippen LogP contribution >= 0.6 is 0 Å². The molecule has 2 aromatic heterocycles. The second-order valence-corrected chi connectivity index (χ2v) is 6.08. The standard InChI is InChI=1S/C17H17FN6O/c18-12-4-1-5-13(7-12)23-17(25)11-3-2-6-24(8-11)16-14-15(20-9-19-14)21-10-22-16/h1,4-5,7,9-11H,2-3,6,8H2,(H,23,25)(H,19,20,21,22)/t11-/m1/s1. The van der Waals surface area contributed by atoms with Crippen LogP contribution in [0, 0.1) is 11.7 Å². The first kappa shape index (κ1) is 15.5. The maximum atomic E-state index is 13.3. The van der Waals surface area contributed by atoms with Crippen LogP contribution in [0.2, 0.25) is 0 Å². The summed E-state index contributed by atoms with van der Waals surface area (Å²) in [5.74, 6) is 0.0895. The number of anilines is 2. The fourth-order valence-corrected chi connectivity index (χ4v) is 3.19. The van der Waals surface area contributed by atoms with Gasteiger partial charge < -0.3 is 15.2 Å². The topological polar surface area (TPSA) is 86.8 Å². The number of halogens is 1. The Kier molecular flexibility index (Phi) is 4.01. The van der Waals surface area contributed by atoms with Crippen molar-refractivity contribution in [2.75, 3.05) is 23.3 Å². The van der Waals surface area contributed by atoms with Gasteiger partial charge in [-0.2, -0.15) is 0 Å². The van der Waals surface area contributed by atoms with Crippen molar-refractivity contribution in [2.45, 2.75) is 12.8 Å². The number of carbonyl (C=O) groups excluding carboxylic acids is 1. The lowest BCUT2D eigenvalue weighted by molar-refractivity contribution is -0.120. The van der Waals surface area contributed by atoms with Gasteiger partial charge in [0.25, 0.3) is 0 Å². The Morgan fingerprint density at radius 2 is 2.24 bits per heavy atom. The summed E-state index contributed by atoms with van der Waals surface area (Å²) >= 11 is 0. The molecule has 3 heterocycles. The van der Waals surface area contributed by atoms with E-state index in [0.717, 1.165) is 30.7 Å². The van der Waals surface area contributed by atoms with Gasteiger partial charge in [-0.3, -0.25) is 4.79 Å². The second-order valence-electron chi connectivity index (χ2n) is 6.08. The van der Waals surface area contributed by atoms with Gasteiger partial charge in [0.05, 0.1) is 12.2 Å². The molecule has 1 aromatic carbocycles. The summed E-state index contributed by atoms with van der Waals surface area (Å²) < 4.78 is 13.3. The Morgan fingerprint density at radius 1 is 1.32 bits per heavy atom. The minimum absolute atomic E-state index is 0.106. The number of hydrogen-bond donors (Lipinski definition) is 2. The number of carbonyl (C=O) groups is 1. The van der Waals surface area contributed by atoms with Crippen molar-refractivity contribution in [1.29, 1.82) is 0 Å². The number of nitrogens with zero attached hydrogens (tertiary/aromatic N) is 4. The number of fused-ring (bicyclic) bond motifs is 1. The fraction of sp³-hybridized carbons (Fsp3) is 0.294. The third-order valence-corrected chi connectivity index (χ3v) is 4.39. The number of H-pyrrole nitrogens is 1. The van der Waals surface area contributed by atoms with E-state index in [2.05, 4.69) is 30.2 Å². The quantitative estimate of drug-likeness (QED) is 0.764. The number of imidazole rings is 1. The van der Waals surface area contributed by atoms with Crippen molar-refractivity contribution >= 4 is 28.6 Å². The second kappa shape index (κ2) is 6.46. The Hall–Kier alpha value is -3.03. The third kappa shape index (κ3) is 3.15. The SMILES string of the molecule is O=C(Nc1cccc(F)c1)[C@@H]1CCCN(c2ncnc3nc[nH]c23)C1. The van der Waals surface area contributed by atoms with Gasteiger partial charge in [-0.25, -0.2) is 19.3 Å². The van der Waals surface area contributed by atoms with Gasteiger partial charge in [-0.15, -0.1) is 0 Å². The first-order valence-electron chi connectivity index (χ1n) is 8.16. The van der Waals surface area contributed by atoms with Crippen LogP contribution < -0.4 is 10.2 Å². The van der Waals surface area contributed by atoms with Gasteiger partial charge in [0.1, 0.15) is 17.7 Å². The molecule has 1 aliphatic heterocycles. The van der Waals surface area contributed by atoms with Gasteiger partial charge in [0, 0.05) is 18.8 Å². The van der Waals surface area contributed by atoms with E-state index >= 15 is 0 Å². The molecule has 1 amide bonds. The van der Waals surface area contributed by atoms with E-state index in [0.29, 0.717) is 17.9 Å². The maximum Gasteiger partial charge on any atom is 0.229 e. The van der Waals surface area contributed by atoms with Crippen LogP contribution in [0.25, 0.3) is 11.2 Å². The molecule has 0 saturated carbocycles. The number of rotatable bonds is 3. The van der Waals surface area contributed by atoms with Gasteiger partial charge in [-0.05, 0) is 31.0 Å². The molecule has 1 atom stereocenters. The molecule has 0 aliphatic carbocycles. The zero-order chi connectivity index (χ0) is 17.2. The van der Waals surface area contributed by atoms with E-state index < -0.39 is 0 Å². The van der Waals surface area contributed by atoms with Crippen LogP contribution in [0.15, 0.2) is 36.9 Å². The maximum absolute atomic E-state index is 13.3. The van der Waals surface area contributed by atoms with Crippen molar-refractivity contribution < 1.29 is 9.18 Å². The molecule has 128 valence electrons. The van der Waals surface area contributed by atoms with Crippen LogP contribution in [0.5, 0.6) is 0 Å². The molecule has 0 radical (unpaired) electrons. The highest BCUT2D eigenvalue weighted by atomic mass is 19.1. The number of aromatic amines is 1. The predicted octanol–water partition coefficient (Wildman–Crippen LogP) is 2.35. The zero-order valence-electron chi connectivity index (χ0n) is 13.4. The molecule has 1 fully saturated rings. The first-order valence-corrected chi connectivity index (χ1v) is 8.16. The highest BCUT2D eigenvalue weighted by molar-refractivity contribution is 5.93. The molecule has 0 spiro atoms. The van der Waals surface area contributed by atoms with E-state index in [1.165, 1.54) is 18.5 Å². The lowest BCUT2D eigenvalue weighted by Gasteiger charge is -2.32. The summed E-state index contributed by atoms with van der Waals surface area (Å²) in [6.07, 6.45) is 4.73. The highest BCUT2D eigenvalue weighted by Crippen LogP contribution is 2.26. The Morgan fingerprint density at radius 3 is 3.12 bits per heavy atom. The van der Waals surface area contributed by atoms with Crippen molar-refractivity contribution in [3.8, 4) is 0 Å². The van der Waals surface area contributed by atoms with E-state index in [-0.39, 0.29) is 17.6 Å². The molecule has 1 saturated heterocycles. The average molecular weight is 340 g/mol. The Bertz CT molecular complexity index is 911. The molecular formula is C17H17FN6O. The zero-order valence-corrected chi connectivity index (χ0v) is 13.4. The van der Waals surface area contributed by atoms with Crippen molar-refractivity contribution in [3.63, 3.8) is 0 Å². The van der Waals surface area contributed by atoms with Crippen molar-refractivity contribution in [3.05, 3.63) is 42.7 Å². The highest BCUT2D eigenvalue weighted by Gasteiger charge is 2.28. The summed E-state index contributed by atoms with van der Waals surface area (Å²) in [5, 5.41) is 2.80. The fourth-order valence-electron chi connectivity index (χ4n) is 3.19. The largest absolute Gasteiger partial charge is 0.354 e. The van der Waals surface area contributed by atoms with E-state index in [9.17, 15) is 9.18 Å². The smallest absolute Gasteiger partial charge is 0.229 e. The van der Waals surface area contributed by atoms with Crippen LogP contribution in [-0.2, 0) is 4.79 Å². The minimum atomic E-state index is -0.370. The molecule has 1 aliphatic rings. The van der Waals surface area contributed by atoms with Crippen LogP contribution in [0.1, 0.15) is 12.8 Å². The van der Waals surface area contributed by atoms with Crippen LogP contribution in [-0.4, -0.2) is 38.9 Å². The summed E-state index contributed by atoms with van der Waals surface area (Å²) in [7, 11) is 0. The number of hydrogen-bond acceptors (Lipinski definition) is 5. The summed E-state index contributed by atoms with van der Waals surface area (Å²) in [6.45, 7) is 1.36. The molecule has 25 heavy (non-hydrogen) atoms. The first-order chi connectivity index (χ1) is 12.2. The number of piperidine rings is 1. The summed E-state index contributed by atoms with van der Waals surface area (Å²) in [6, 6.07) is 5.92. The van der Waals surface area contributed by atoms with Gasteiger partial charge in [-0.1, -0.05) is 6.07 Å². The molecular weight excluding hydrogens is 323 g/mol. The molecule has 7 nitrogen and oxygen atoms in total. The molecule has 8 heteroatoms. The number of nitrogens with one attached hydrogen (secondary N) is 2. The van der Waals surface area contributed by atoms with Crippen molar-refractivity contribution in [2.24, 2.45) is 5.92 Å². The molecule has 4 rings (SSSR count).